The maximum absolute atomic E-state index is 12.9. The molecule has 0 aliphatic carbocycles. The molecule has 6 nitrogen and oxygen atoms in total. The highest BCUT2D eigenvalue weighted by Crippen LogP contribution is 2.25. The summed E-state index contributed by atoms with van der Waals surface area (Å²) in [6.45, 7) is 5.45. The monoisotopic (exact) mass is 390 g/mol. The topological polar surface area (TPSA) is 86.7 Å². The summed E-state index contributed by atoms with van der Waals surface area (Å²) >= 11 is 0. The number of aliphatic carboxylic acids is 1. The van der Waals surface area contributed by atoms with Gasteiger partial charge in [0.2, 0.25) is 10.0 Å². The van der Waals surface area contributed by atoms with Gasteiger partial charge in [-0.3, -0.25) is 4.79 Å². The van der Waals surface area contributed by atoms with Crippen LogP contribution in [-0.2, 0) is 14.8 Å². The minimum atomic E-state index is -3.50. The minimum Gasteiger partial charge on any atom is -0.480 e. The lowest BCUT2D eigenvalue weighted by molar-refractivity contribution is -0.136. The molecule has 0 bridgehead atoms. The van der Waals surface area contributed by atoms with Crippen molar-refractivity contribution in [2.75, 3.05) is 26.2 Å². The third-order valence-electron chi connectivity index (χ3n) is 4.35. The molecule has 0 amide bonds. The summed E-state index contributed by atoms with van der Waals surface area (Å²) in [5.41, 5.74) is 1.01. The van der Waals surface area contributed by atoms with Gasteiger partial charge in [-0.05, 0) is 48.9 Å². The molecule has 0 radical (unpaired) electrons. The van der Waals surface area contributed by atoms with Crippen LogP contribution in [0.15, 0.2) is 29.2 Å². The van der Waals surface area contributed by atoms with Gasteiger partial charge in [0, 0.05) is 13.1 Å². The van der Waals surface area contributed by atoms with Gasteiger partial charge < -0.3 is 10.4 Å². The number of nitrogens with zero attached hydrogens (tertiary/aromatic N) is 1. The molecular formula is C17H27ClN2O4S. The van der Waals surface area contributed by atoms with Crippen LogP contribution in [0.1, 0.15) is 38.2 Å². The van der Waals surface area contributed by atoms with Gasteiger partial charge >= 0.3 is 5.97 Å². The van der Waals surface area contributed by atoms with Crippen molar-refractivity contribution in [2.24, 2.45) is 5.92 Å². The highest BCUT2D eigenvalue weighted by atomic mass is 35.5. The van der Waals surface area contributed by atoms with Gasteiger partial charge in [-0.2, -0.15) is 4.31 Å². The molecule has 1 heterocycles. The molecule has 0 saturated carbocycles. The summed E-state index contributed by atoms with van der Waals surface area (Å²) < 4.78 is 27.3. The van der Waals surface area contributed by atoms with Crippen molar-refractivity contribution in [1.82, 2.24) is 9.62 Å². The average molecular weight is 391 g/mol. The Hall–Kier alpha value is -1.15. The van der Waals surface area contributed by atoms with Crippen LogP contribution >= 0.6 is 12.4 Å². The molecule has 25 heavy (non-hydrogen) atoms. The maximum atomic E-state index is 12.9. The lowest BCUT2D eigenvalue weighted by atomic mass is 10.00. The van der Waals surface area contributed by atoms with E-state index in [2.05, 4.69) is 5.32 Å². The summed E-state index contributed by atoms with van der Waals surface area (Å²) in [6, 6.07) is 7.14. The molecule has 1 aromatic carbocycles. The van der Waals surface area contributed by atoms with E-state index < -0.39 is 16.0 Å². The van der Waals surface area contributed by atoms with E-state index in [-0.39, 0.29) is 30.8 Å². The van der Waals surface area contributed by atoms with Gasteiger partial charge in [0.05, 0.1) is 11.4 Å². The molecule has 1 fully saturated rings. The van der Waals surface area contributed by atoms with Crippen LogP contribution < -0.4 is 5.32 Å². The van der Waals surface area contributed by atoms with Gasteiger partial charge in [0.1, 0.15) is 0 Å². The van der Waals surface area contributed by atoms with Crippen molar-refractivity contribution in [3.8, 4) is 0 Å². The zero-order valence-corrected chi connectivity index (χ0v) is 16.3. The number of halogens is 1. The van der Waals surface area contributed by atoms with E-state index in [1.807, 2.05) is 19.9 Å². The first-order chi connectivity index (χ1) is 11.3. The largest absolute Gasteiger partial charge is 0.480 e. The first-order valence-corrected chi connectivity index (χ1v) is 9.77. The fraction of sp³-hybridized carbons (Fsp3) is 0.588. The number of carboxylic acid groups (broad SMARTS) is 1. The SMILES string of the molecule is CC(C)c1cccc(S(=O)(=O)N2CCCC(CNCC(=O)O)C2)c1.Cl. The van der Waals surface area contributed by atoms with Gasteiger partial charge in [0.25, 0.3) is 0 Å². The number of piperidine rings is 1. The number of carboxylic acids is 1. The van der Waals surface area contributed by atoms with Gasteiger partial charge in [-0.15, -0.1) is 12.4 Å². The molecule has 0 aromatic heterocycles. The number of nitrogens with one attached hydrogen (secondary N) is 1. The average Bonchev–Trinajstić information content (AvgIpc) is 2.55. The summed E-state index contributed by atoms with van der Waals surface area (Å²) in [6.07, 6.45) is 1.70. The fourth-order valence-electron chi connectivity index (χ4n) is 2.98. The standard InChI is InChI=1S/C17H26N2O4S.ClH/c1-13(2)15-6-3-7-16(9-15)24(22,23)19-8-4-5-14(12-19)10-18-11-17(20)21;/h3,6-7,9,13-14,18H,4-5,8,10-12H2,1-2H3,(H,20,21);1H. The van der Waals surface area contributed by atoms with Crippen molar-refractivity contribution in [2.45, 2.75) is 37.5 Å². The summed E-state index contributed by atoms with van der Waals surface area (Å²) in [5.74, 6) is -0.489. The van der Waals surface area contributed by atoms with E-state index in [0.29, 0.717) is 24.5 Å². The Bertz CT molecular complexity index is 679. The van der Waals surface area contributed by atoms with E-state index in [4.69, 9.17) is 5.11 Å². The van der Waals surface area contributed by atoms with Crippen molar-refractivity contribution in [3.63, 3.8) is 0 Å². The number of carbonyl (C=O) groups is 1. The van der Waals surface area contributed by atoms with E-state index in [9.17, 15) is 13.2 Å². The zero-order valence-electron chi connectivity index (χ0n) is 14.6. The lowest BCUT2D eigenvalue weighted by Crippen LogP contribution is -2.43. The molecule has 2 rings (SSSR count). The molecule has 2 N–H and O–H groups in total. The number of hydrogen-bond donors (Lipinski definition) is 2. The predicted molar refractivity (Wildman–Crippen MR) is 99.8 cm³/mol. The maximum Gasteiger partial charge on any atom is 0.317 e. The Morgan fingerprint density at radius 1 is 1.40 bits per heavy atom. The minimum absolute atomic E-state index is 0. The highest BCUT2D eigenvalue weighted by Gasteiger charge is 2.30. The molecule has 0 spiro atoms. The molecular weight excluding hydrogens is 364 g/mol. The Kier molecular flexibility index (Phi) is 8.34. The Morgan fingerprint density at radius 2 is 2.12 bits per heavy atom. The van der Waals surface area contributed by atoms with E-state index >= 15 is 0 Å². The van der Waals surface area contributed by atoms with Crippen LogP contribution in [0.2, 0.25) is 0 Å². The van der Waals surface area contributed by atoms with Crippen molar-refractivity contribution < 1.29 is 18.3 Å². The number of sulfonamides is 1. The summed E-state index contributed by atoms with van der Waals surface area (Å²) in [4.78, 5) is 10.9. The second-order valence-electron chi connectivity index (χ2n) is 6.62. The Balaban J connectivity index is 0.00000312. The predicted octanol–water partition coefficient (Wildman–Crippen LogP) is 2.31. The quantitative estimate of drug-likeness (QED) is 0.746. The molecule has 1 saturated heterocycles. The molecule has 1 aromatic rings. The summed E-state index contributed by atoms with van der Waals surface area (Å²) in [7, 11) is -3.50. The van der Waals surface area contributed by atoms with Crippen LogP contribution in [-0.4, -0.2) is 50.0 Å². The van der Waals surface area contributed by atoms with E-state index in [0.717, 1.165) is 18.4 Å². The van der Waals surface area contributed by atoms with Gasteiger partial charge in [-0.1, -0.05) is 26.0 Å². The van der Waals surface area contributed by atoms with Crippen LogP contribution in [0.4, 0.5) is 0 Å². The number of hydrogen-bond acceptors (Lipinski definition) is 4. The lowest BCUT2D eigenvalue weighted by Gasteiger charge is -2.32. The van der Waals surface area contributed by atoms with Gasteiger partial charge in [0.15, 0.2) is 0 Å². The smallest absolute Gasteiger partial charge is 0.317 e. The third kappa shape index (κ3) is 5.95. The second kappa shape index (κ2) is 9.52. The second-order valence-corrected chi connectivity index (χ2v) is 8.56. The van der Waals surface area contributed by atoms with Gasteiger partial charge in [-0.25, -0.2) is 8.42 Å². The first kappa shape index (κ1) is 21.9. The number of benzene rings is 1. The third-order valence-corrected chi connectivity index (χ3v) is 6.21. The molecule has 8 heteroatoms. The molecule has 1 atom stereocenters. The van der Waals surface area contributed by atoms with E-state index in [1.54, 1.807) is 18.2 Å². The van der Waals surface area contributed by atoms with Crippen molar-refractivity contribution in [3.05, 3.63) is 29.8 Å². The molecule has 1 aliphatic rings. The molecule has 1 aliphatic heterocycles. The van der Waals surface area contributed by atoms with Crippen LogP contribution in [0, 0.1) is 5.92 Å². The summed E-state index contributed by atoms with van der Waals surface area (Å²) in [5, 5.41) is 11.5. The highest BCUT2D eigenvalue weighted by molar-refractivity contribution is 7.89. The zero-order chi connectivity index (χ0) is 17.7. The normalized spacial score (nSPS) is 18.8. The van der Waals surface area contributed by atoms with Crippen LogP contribution in [0.3, 0.4) is 0 Å². The van der Waals surface area contributed by atoms with E-state index in [1.165, 1.54) is 4.31 Å². The van der Waals surface area contributed by atoms with Crippen molar-refractivity contribution >= 4 is 28.4 Å². The first-order valence-electron chi connectivity index (χ1n) is 8.33. The Morgan fingerprint density at radius 3 is 2.76 bits per heavy atom. The molecule has 1 unspecified atom stereocenters. The van der Waals surface area contributed by atoms with Crippen LogP contribution in [0.25, 0.3) is 0 Å². The molecule has 142 valence electrons. The number of rotatable bonds is 7. The van der Waals surface area contributed by atoms with Crippen LogP contribution in [0.5, 0.6) is 0 Å². The van der Waals surface area contributed by atoms with Crippen molar-refractivity contribution in [1.29, 1.82) is 0 Å². The fourth-order valence-corrected chi connectivity index (χ4v) is 4.59. The Labute approximate surface area is 156 Å².